The molecule has 1 heterocycles. The lowest BCUT2D eigenvalue weighted by Gasteiger charge is -2.41. The molecule has 1 N–H and O–H groups in total. The topological polar surface area (TPSA) is 66.8 Å². The van der Waals surface area contributed by atoms with Crippen LogP contribution in [0, 0.1) is 0 Å². The Bertz CT molecular complexity index is 340. The van der Waals surface area contributed by atoms with Gasteiger partial charge in [-0.3, -0.25) is 4.90 Å². The van der Waals surface area contributed by atoms with Crippen LogP contribution in [0.1, 0.15) is 27.7 Å². The van der Waals surface area contributed by atoms with Gasteiger partial charge in [-0.2, -0.15) is 0 Å². The minimum atomic E-state index is -1.02. The molecule has 1 saturated heterocycles. The zero-order chi connectivity index (χ0) is 12.5. The fourth-order valence-electron chi connectivity index (χ4n) is 1.49. The zero-order valence-electron chi connectivity index (χ0n) is 9.98. The lowest BCUT2D eigenvalue weighted by Crippen LogP contribution is -2.58. The van der Waals surface area contributed by atoms with Crippen LogP contribution in [0.25, 0.3) is 0 Å². The van der Waals surface area contributed by atoms with Crippen LogP contribution in [-0.2, 0) is 9.53 Å². The van der Waals surface area contributed by atoms with Gasteiger partial charge in [-0.1, -0.05) is 6.08 Å². The fourth-order valence-corrected chi connectivity index (χ4v) is 1.49. The van der Waals surface area contributed by atoms with Crippen LogP contribution in [0.3, 0.4) is 0 Å². The van der Waals surface area contributed by atoms with Crippen LogP contribution in [0.4, 0.5) is 4.79 Å². The van der Waals surface area contributed by atoms with Crippen molar-refractivity contribution in [3.63, 3.8) is 0 Å². The van der Waals surface area contributed by atoms with Crippen LogP contribution in [-0.4, -0.2) is 40.3 Å². The molecule has 90 valence electrons. The summed E-state index contributed by atoms with van der Waals surface area (Å²) in [5.74, 6) is -1.02. The van der Waals surface area contributed by atoms with Crippen molar-refractivity contribution in [1.29, 1.82) is 0 Å². The smallest absolute Gasteiger partial charge is 0.411 e. The standard InChI is InChI=1S/C11H17NO4/c1-5-7-6-12(8(7)9(13)14)10(15)16-11(2,3)4/h5,8H,6H2,1-4H3,(H,13,14)/b7-5-. The number of aliphatic carboxylic acids is 1. The normalized spacial score (nSPS) is 22.9. The Morgan fingerprint density at radius 1 is 1.50 bits per heavy atom. The second kappa shape index (κ2) is 4.15. The molecule has 1 aliphatic rings. The van der Waals surface area contributed by atoms with Gasteiger partial charge in [-0.15, -0.1) is 0 Å². The van der Waals surface area contributed by atoms with Crippen molar-refractivity contribution in [3.05, 3.63) is 11.6 Å². The summed E-state index contributed by atoms with van der Waals surface area (Å²) < 4.78 is 5.11. The average molecular weight is 227 g/mol. The van der Waals surface area contributed by atoms with Crippen LogP contribution in [0.2, 0.25) is 0 Å². The van der Waals surface area contributed by atoms with Crippen molar-refractivity contribution >= 4 is 12.1 Å². The van der Waals surface area contributed by atoms with Crippen molar-refractivity contribution in [3.8, 4) is 0 Å². The summed E-state index contributed by atoms with van der Waals surface area (Å²) in [5.41, 5.74) is 0.129. The van der Waals surface area contributed by atoms with Gasteiger partial charge in [0.05, 0.1) is 0 Å². The number of carbonyl (C=O) groups is 2. The Hall–Kier alpha value is -1.52. The summed E-state index contributed by atoms with van der Waals surface area (Å²) in [7, 11) is 0. The Morgan fingerprint density at radius 3 is 2.44 bits per heavy atom. The quantitative estimate of drug-likeness (QED) is 0.691. The van der Waals surface area contributed by atoms with Gasteiger partial charge in [-0.05, 0) is 33.3 Å². The Labute approximate surface area is 94.7 Å². The largest absolute Gasteiger partial charge is 0.479 e. The molecule has 1 rings (SSSR count). The summed E-state index contributed by atoms with van der Waals surface area (Å²) >= 11 is 0. The molecular weight excluding hydrogens is 210 g/mol. The van der Waals surface area contributed by atoms with Gasteiger partial charge in [0.25, 0.3) is 0 Å². The van der Waals surface area contributed by atoms with E-state index >= 15 is 0 Å². The summed E-state index contributed by atoms with van der Waals surface area (Å²) in [6.07, 6.45) is 1.14. The number of nitrogens with zero attached hydrogens (tertiary/aromatic N) is 1. The second-order valence-electron chi connectivity index (χ2n) is 4.71. The number of carboxylic acids is 1. The maximum absolute atomic E-state index is 11.6. The summed E-state index contributed by atoms with van der Waals surface area (Å²) in [6.45, 7) is 7.34. The second-order valence-corrected chi connectivity index (χ2v) is 4.71. The summed E-state index contributed by atoms with van der Waals surface area (Å²) in [4.78, 5) is 23.8. The van der Waals surface area contributed by atoms with Gasteiger partial charge in [0.1, 0.15) is 5.60 Å². The number of hydrogen-bond acceptors (Lipinski definition) is 3. The van der Waals surface area contributed by atoms with Crippen molar-refractivity contribution in [2.45, 2.75) is 39.3 Å². The monoisotopic (exact) mass is 227 g/mol. The van der Waals surface area contributed by atoms with E-state index < -0.39 is 23.7 Å². The van der Waals surface area contributed by atoms with Crippen molar-refractivity contribution in [1.82, 2.24) is 4.90 Å². The highest BCUT2D eigenvalue weighted by molar-refractivity contribution is 5.86. The lowest BCUT2D eigenvalue weighted by atomic mass is 9.96. The minimum absolute atomic E-state index is 0.336. The number of carbonyl (C=O) groups excluding carboxylic acids is 1. The molecule has 1 unspecified atom stereocenters. The fraction of sp³-hybridized carbons (Fsp3) is 0.636. The van der Waals surface area contributed by atoms with E-state index in [1.54, 1.807) is 33.8 Å². The molecule has 0 aromatic rings. The van der Waals surface area contributed by atoms with Crippen LogP contribution in [0.15, 0.2) is 11.6 Å². The number of hydrogen-bond donors (Lipinski definition) is 1. The van der Waals surface area contributed by atoms with E-state index in [0.29, 0.717) is 6.54 Å². The molecule has 16 heavy (non-hydrogen) atoms. The van der Waals surface area contributed by atoms with Crippen molar-refractivity contribution in [2.75, 3.05) is 6.54 Å². The molecule has 1 fully saturated rings. The number of carboxylic acid groups (broad SMARTS) is 1. The molecule has 0 saturated carbocycles. The van der Waals surface area contributed by atoms with E-state index in [0.717, 1.165) is 5.57 Å². The van der Waals surface area contributed by atoms with Crippen LogP contribution >= 0.6 is 0 Å². The molecule has 0 radical (unpaired) electrons. The van der Waals surface area contributed by atoms with Gasteiger partial charge in [0.2, 0.25) is 0 Å². The number of amides is 1. The predicted octanol–water partition coefficient (Wildman–Crippen LogP) is 1.64. The van der Waals surface area contributed by atoms with Gasteiger partial charge in [0, 0.05) is 6.54 Å². The van der Waals surface area contributed by atoms with E-state index in [9.17, 15) is 9.59 Å². The molecular formula is C11H17NO4. The molecule has 0 bridgehead atoms. The Kier molecular flexibility index (Phi) is 3.26. The SMILES string of the molecule is C/C=C1/CN(C(=O)OC(C)(C)C)C1C(=O)O. The van der Waals surface area contributed by atoms with E-state index in [1.165, 1.54) is 4.90 Å². The third-order valence-electron chi connectivity index (χ3n) is 2.25. The molecule has 1 aliphatic heterocycles. The third-order valence-corrected chi connectivity index (χ3v) is 2.25. The van der Waals surface area contributed by atoms with Gasteiger partial charge in [0.15, 0.2) is 6.04 Å². The van der Waals surface area contributed by atoms with Gasteiger partial charge >= 0.3 is 12.1 Å². The molecule has 1 amide bonds. The minimum Gasteiger partial charge on any atom is -0.479 e. The molecule has 0 aromatic carbocycles. The van der Waals surface area contributed by atoms with Crippen molar-refractivity contribution in [2.24, 2.45) is 0 Å². The van der Waals surface area contributed by atoms with E-state index in [2.05, 4.69) is 0 Å². The first-order valence-corrected chi connectivity index (χ1v) is 5.14. The third kappa shape index (κ3) is 2.53. The maximum Gasteiger partial charge on any atom is 0.411 e. The first-order chi connectivity index (χ1) is 7.26. The molecule has 0 aromatic heterocycles. The highest BCUT2D eigenvalue weighted by atomic mass is 16.6. The van der Waals surface area contributed by atoms with E-state index in [1.807, 2.05) is 0 Å². The van der Waals surface area contributed by atoms with Crippen molar-refractivity contribution < 1.29 is 19.4 Å². The molecule has 0 aliphatic carbocycles. The summed E-state index contributed by atoms with van der Waals surface area (Å²) in [5, 5.41) is 8.96. The Balaban J connectivity index is 2.70. The first-order valence-electron chi connectivity index (χ1n) is 5.14. The van der Waals surface area contributed by atoms with Gasteiger partial charge < -0.3 is 9.84 Å². The first kappa shape index (κ1) is 12.5. The number of allylic oxidation sites excluding steroid dienone is 1. The maximum atomic E-state index is 11.6. The summed E-state index contributed by atoms with van der Waals surface area (Å²) in [6, 6.07) is -0.861. The van der Waals surface area contributed by atoms with Crippen LogP contribution in [0.5, 0.6) is 0 Å². The lowest BCUT2D eigenvalue weighted by molar-refractivity contribution is -0.144. The molecule has 0 spiro atoms. The van der Waals surface area contributed by atoms with Gasteiger partial charge in [-0.25, -0.2) is 9.59 Å². The number of likely N-dealkylation sites (tertiary alicyclic amines) is 1. The average Bonchev–Trinajstić information content (AvgIpc) is 1.97. The van der Waals surface area contributed by atoms with E-state index in [-0.39, 0.29) is 0 Å². The number of rotatable bonds is 1. The van der Waals surface area contributed by atoms with E-state index in [4.69, 9.17) is 9.84 Å². The van der Waals surface area contributed by atoms with Crippen LogP contribution < -0.4 is 0 Å². The molecule has 5 nitrogen and oxygen atoms in total. The highest BCUT2D eigenvalue weighted by Crippen LogP contribution is 2.26. The predicted molar refractivity (Wildman–Crippen MR) is 58.1 cm³/mol. The Morgan fingerprint density at radius 2 is 2.06 bits per heavy atom. The molecule has 5 heteroatoms. The number of ether oxygens (including phenoxy) is 1. The zero-order valence-corrected chi connectivity index (χ0v) is 9.98. The molecule has 1 atom stereocenters. The highest BCUT2D eigenvalue weighted by Gasteiger charge is 2.43.